The van der Waals surface area contributed by atoms with E-state index < -0.39 is 0 Å². The van der Waals surface area contributed by atoms with E-state index in [9.17, 15) is 4.79 Å². The average molecular weight is 340 g/mol. The van der Waals surface area contributed by atoms with Gasteiger partial charge in [0.25, 0.3) is 0 Å². The first kappa shape index (κ1) is 16.9. The van der Waals surface area contributed by atoms with Crippen LogP contribution in [0.15, 0.2) is 35.9 Å². The first-order chi connectivity index (χ1) is 12.1. The predicted octanol–water partition coefficient (Wildman–Crippen LogP) is 3.54. The number of fused-ring (bicyclic) bond motifs is 1. The van der Waals surface area contributed by atoms with Crippen LogP contribution in [0.25, 0.3) is 6.08 Å². The fourth-order valence-electron chi connectivity index (χ4n) is 3.07. The van der Waals surface area contributed by atoms with Crippen molar-refractivity contribution in [1.82, 2.24) is 0 Å². The molecule has 0 atom stereocenters. The summed E-state index contributed by atoms with van der Waals surface area (Å²) in [7, 11) is 6.33. The van der Waals surface area contributed by atoms with Crippen molar-refractivity contribution in [3.63, 3.8) is 0 Å². The smallest absolute Gasteiger partial charge is 0.189 e. The van der Waals surface area contributed by atoms with Crippen LogP contribution in [-0.4, -0.2) is 34.2 Å². The first-order valence-electron chi connectivity index (χ1n) is 7.84. The van der Waals surface area contributed by atoms with Crippen molar-refractivity contribution in [2.24, 2.45) is 0 Å². The van der Waals surface area contributed by atoms with Crippen LogP contribution < -0.4 is 18.9 Å². The molecule has 1 aliphatic carbocycles. The molecule has 0 unspecified atom stereocenters. The summed E-state index contributed by atoms with van der Waals surface area (Å²) in [6, 6.07) is 9.07. The normalized spacial score (nSPS) is 14.4. The maximum Gasteiger partial charge on any atom is 0.189 e. The molecule has 0 heterocycles. The van der Waals surface area contributed by atoms with Crippen molar-refractivity contribution < 1.29 is 23.7 Å². The van der Waals surface area contributed by atoms with E-state index in [0.29, 0.717) is 34.8 Å². The lowest BCUT2D eigenvalue weighted by Gasteiger charge is -2.12. The summed E-state index contributed by atoms with van der Waals surface area (Å²) < 4.78 is 21.5. The second kappa shape index (κ2) is 6.89. The number of hydrogen-bond acceptors (Lipinski definition) is 5. The van der Waals surface area contributed by atoms with Gasteiger partial charge in [0.2, 0.25) is 0 Å². The molecule has 0 bridgehead atoms. The van der Waals surface area contributed by atoms with Gasteiger partial charge >= 0.3 is 0 Å². The number of methoxy groups -OCH3 is 4. The highest BCUT2D eigenvalue weighted by atomic mass is 16.5. The van der Waals surface area contributed by atoms with E-state index in [1.807, 2.05) is 24.3 Å². The van der Waals surface area contributed by atoms with E-state index in [-0.39, 0.29) is 5.78 Å². The third-order valence-electron chi connectivity index (χ3n) is 4.32. The van der Waals surface area contributed by atoms with E-state index in [0.717, 1.165) is 16.9 Å². The van der Waals surface area contributed by atoms with Crippen molar-refractivity contribution in [2.75, 3.05) is 28.4 Å². The van der Waals surface area contributed by atoms with Gasteiger partial charge in [0.05, 0.1) is 28.4 Å². The van der Waals surface area contributed by atoms with Crippen LogP contribution in [0.1, 0.15) is 21.5 Å². The Morgan fingerprint density at radius 3 is 2.12 bits per heavy atom. The third-order valence-corrected chi connectivity index (χ3v) is 4.32. The van der Waals surface area contributed by atoms with Crippen molar-refractivity contribution >= 4 is 11.9 Å². The molecule has 130 valence electrons. The van der Waals surface area contributed by atoms with Gasteiger partial charge in [-0.25, -0.2) is 0 Å². The zero-order valence-electron chi connectivity index (χ0n) is 14.7. The Morgan fingerprint density at radius 2 is 1.48 bits per heavy atom. The monoisotopic (exact) mass is 340 g/mol. The zero-order valence-corrected chi connectivity index (χ0v) is 14.7. The van der Waals surface area contributed by atoms with Crippen molar-refractivity contribution in [3.8, 4) is 23.0 Å². The van der Waals surface area contributed by atoms with Gasteiger partial charge in [-0.2, -0.15) is 0 Å². The van der Waals surface area contributed by atoms with Crippen LogP contribution in [-0.2, 0) is 6.42 Å². The van der Waals surface area contributed by atoms with E-state index in [1.165, 1.54) is 0 Å². The SMILES string of the molecule is COc1cc(OC)c(OC)cc1/C=C1\Cc2c(OC)cccc2C1=O. The van der Waals surface area contributed by atoms with Gasteiger partial charge in [-0.05, 0) is 18.2 Å². The van der Waals surface area contributed by atoms with Gasteiger partial charge in [0.15, 0.2) is 17.3 Å². The van der Waals surface area contributed by atoms with Gasteiger partial charge in [0, 0.05) is 34.8 Å². The Labute approximate surface area is 146 Å². The van der Waals surface area contributed by atoms with Crippen LogP contribution in [0.2, 0.25) is 0 Å². The molecule has 0 saturated carbocycles. The number of hydrogen-bond donors (Lipinski definition) is 0. The second-order valence-electron chi connectivity index (χ2n) is 5.61. The lowest BCUT2D eigenvalue weighted by Crippen LogP contribution is -1.98. The molecule has 2 aromatic carbocycles. The maximum atomic E-state index is 12.7. The van der Waals surface area contributed by atoms with Crippen LogP contribution in [0.4, 0.5) is 0 Å². The predicted molar refractivity (Wildman–Crippen MR) is 95.1 cm³/mol. The summed E-state index contributed by atoms with van der Waals surface area (Å²) in [6.07, 6.45) is 2.36. The van der Waals surface area contributed by atoms with Crippen molar-refractivity contribution in [1.29, 1.82) is 0 Å². The highest BCUT2D eigenvalue weighted by Crippen LogP contribution is 2.38. The Hall–Kier alpha value is -2.95. The van der Waals surface area contributed by atoms with E-state index in [2.05, 4.69) is 0 Å². The van der Waals surface area contributed by atoms with Crippen LogP contribution in [0.5, 0.6) is 23.0 Å². The molecule has 0 radical (unpaired) electrons. The molecular formula is C20H20O5. The average Bonchev–Trinajstić information content (AvgIpc) is 2.97. The number of benzene rings is 2. The van der Waals surface area contributed by atoms with Crippen molar-refractivity contribution in [2.45, 2.75) is 6.42 Å². The molecule has 2 aromatic rings. The molecule has 0 spiro atoms. The number of ketones is 1. The van der Waals surface area contributed by atoms with Gasteiger partial charge in [-0.1, -0.05) is 12.1 Å². The van der Waals surface area contributed by atoms with E-state index >= 15 is 0 Å². The van der Waals surface area contributed by atoms with E-state index in [1.54, 1.807) is 40.6 Å². The number of carbonyl (C=O) groups excluding carboxylic acids is 1. The van der Waals surface area contributed by atoms with Crippen molar-refractivity contribution in [3.05, 3.63) is 52.6 Å². The number of ether oxygens (including phenoxy) is 4. The van der Waals surface area contributed by atoms with E-state index in [4.69, 9.17) is 18.9 Å². The molecule has 0 aliphatic heterocycles. The molecule has 5 heteroatoms. The standard InChI is InChI=1S/C20H20O5/c1-22-16-7-5-6-14-15(16)9-13(20(14)21)8-12-10-18(24-3)19(25-4)11-17(12)23-2/h5-8,10-11H,9H2,1-4H3/b13-8+. The van der Waals surface area contributed by atoms with Crippen LogP contribution in [0.3, 0.4) is 0 Å². The molecule has 5 nitrogen and oxygen atoms in total. The Balaban J connectivity index is 2.06. The zero-order chi connectivity index (χ0) is 18.0. The fraction of sp³-hybridized carbons (Fsp3) is 0.250. The van der Waals surface area contributed by atoms with Gasteiger partial charge in [-0.15, -0.1) is 0 Å². The molecule has 0 saturated heterocycles. The van der Waals surface area contributed by atoms with Gasteiger partial charge in [-0.3, -0.25) is 4.79 Å². The maximum absolute atomic E-state index is 12.7. The molecule has 1 aliphatic rings. The highest BCUT2D eigenvalue weighted by Gasteiger charge is 2.27. The number of carbonyl (C=O) groups is 1. The second-order valence-corrected chi connectivity index (χ2v) is 5.61. The summed E-state index contributed by atoms with van der Waals surface area (Å²) in [5, 5.41) is 0. The Bertz CT molecular complexity index is 851. The first-order valence-corrected chi connectivity index (χ1v) is 7.84. The molecule has 3 rings (SSSR count). The summed E-state index contributed by atoms with van der Waals surface area (Å²) in [4.78, 5) is 12.7. The Morgan fingerprint density at radius 1 is 0.840 bits per heavy atom. The molecule has 0 aromatic heterocycles. The molecular weight excluding hydrogens is 320 g/mol. The summed E-state index contributed by atoms with van der Waals surface area (Å²) in [5.41, 5.74) is 3.05. The highest BCUT2D eigenvalue weighted by molar-refractivity contribution is 6.16. The minimum absolute atomic E-state index is 0.00531. The molecule has 0 N–H and O–H groups in total. The summed E-state index contributed by atoms with van der Waals surface area (Å²) in [6.45, 7) is 0. The van der Waals surface area contributed by atoms with Crippen LogP contribution in [0, 0.1) is 0 Å². The summed E-state index contributed by atoms with van der Waals surface area (Å²) >= 11 is 0. The van der Waals surface area contributed by atoms with Crippen LogP contribution >= 0.6 is 0 Å². The lowest BCUT2D eigenvalue weighted by molar-refractivity contribution is 0.104. The Kier molecular flexibility index (Phi) is 4.65. The number of rotatable bonds is 5. The largest absolute Gasteiger partial charge is 0.496 e. The minimum Gasteiger partial charge on any atom is -0.496 e. The third kappa shape index (κ3) is 2.93. The number of allylic oxidation sites excluding steroid dienone is 1. The summed E-state index contributed by atoms with van der Waals surface area (Å²) in [5.74, 6) is 2.50. The lowest BCUT2D eigenvalue weighted by atomic mass is 10.1. The molecule has 0 amide bonds. The topological polar surface area (TPSA) is 54.0 Å². The van der Waals surface area contributed by atoms with Gasteiger partial charge < -0.3 is 18.9 Å². The molecule has 0 fully saturated rings. The number of Topliss-reactive ketones (excluding diaryl/α,β-unsaturated/α-hetero) is 1. The minimum atomic E-state index is 0.00531. The molecule has 25 heavy (non-hydrogen) atoms. The van der Waals surface area contributed by atoms with Gasteiger partial charge in [0.1, 0.15) is 11.5 Å². The fourth-order valence-corrected chi connectivity index (χ4v) is 3.07. The quantitative estimate of drug-likeness (QED) is 0.779.